The standard InChI is InChI=1S/C18H17N3OS2/c1-12-19-14(10-23-12)9-17-20-16(11-24-17)13-4-2-5-15(8-13)21-7-3-6-18(21)22/h2,4-5,8,10-11H,3,6-7,9H2,1H3. The van der Waals surface area contributed by atoms with Gasteiger partial charge in [-0.2, -0.15) is 0 Å². The first-order valence-electron chi connectivity index (χ1n) is 7.95. The second kappa shape index (κ2) is 6.45. The van der Waals surface area contributed by atoms with Crippen LogP contribution < -0.4 is 4.90 Å². The number of aromatic nitrogens is 2. The molecule has 4 rings (SSSR count). The zero-order chi connectivity index (χ0) is 16.5. The van der Waals surface area contributed by atoms with Crippen LogP contribution in [-0.4, -0.2) is 22.4 Å². The number of amides is 1. The maximum atomic E-state index is 11.9. The van der Waals surface area contributed by atoms with Crippen LogP contribution in [0.5, 0.6) is 0 Å². The van der Waals surface area contributed by atoms with Gasteiger partial charge in [0.15, 0.2) is 0 Å². The van der Waals surface area contributed by atoms with Crippen LogP contribution in [0.3, 0.4) is 0 Å². The highest BCUT2D eigenvalue weighted by Gasteiger charge is 2.22. The second-order valence-electron chi connectivity index (χ2n) is 5.86. The molecule has 0 radical (unpaired) electrons. The molecular formula is C18H17N3OS2. The van der Waals surface area contributed by atoms with Gasteiger partial charge in [-0.25, -0.2) is 9.97 Å². The van der Waals surface area contributed by atoms with Gasteiger partial charge in [-0.15, -0.1) is 22.7 Å². The summed E-state index contributed by atoms with van der Waals surface area (Å²) < 4.78 is 0. The third kappa shape index (κ3) is 3.12. The molecule has 1 aliphatic heterocycles. The summed E-state index contributed by atoms with van der Waals surface area (Å²) in [6.07, 6.45) is 2.37. The second-order valence-corrected chi connectivity index (χ2v) is 7.87. The van der Waals surface area contributed by atoms with Crippen LogP contribution in [0, 0.1) is 6.92 Å². The Morgan fingerprint density at radius 2 is 2.12 bits per heavy atom. The molecule has 0 aliphatic carbocycles. The van der Waals surface area contributed by atoms with E-state index in [-0.39, 0.29) is 5.91 Å². The van der Waals surface area contributed by atoms with Crippen molar-refractivity contribution in [3.8, 4) is 11.3 Å². The lowest BCUT2D eigenvalue weighted by molar-refractivity contribution is -0.117. The molecule has 24 heavy (non-hydrogen) atoms. The Kier molecular flexibility index (Phi) is 4.16. The van der Waals surface area contributed by atoms with Crippen LogP contribution in [-0.2, 0) is 11.2 Å². The van der Waals surface area contributed by atoms with E-state index in [9.17, 15) is 4.79 Å². The molecule has 2 aromatic heterocycles. The van der Waals surface area contributed by atoms with Gasteiger partial charge in [-0.1, -0.05) is 12.1 Å². The van der Waals surface area contributed by atoms with E-state index in [0.717, 1.165) is 52.0 Å². The van der Waals surface area contributed by atoms with Gasteiger partial charge >= 0.3 is 0 Å². The quantitative estimate of drug-likeness (QED) is 0.701. The number of aryl methyl sites for hydroxylation is 1. The molecule has 0 bridgehead atoms. The smallest absolute Gasteiger partial charge is 0.227 e. The van der Waals surface area contributed by atoms with Crippen molar-refractivity contribution < 1.29 is 4.79 Å². The van der Waals surface area contributed by atoms with Crippen molar-refractivity contribution >= 4 is 34.3 Å². The maximum absolute atomic E-state index is 11.9. The average molecular weight is 355 g/mol. The number of hydrogen-bond acceptors (Lipinski definition) is 5. The first-order valence-corrected chi connectivity index (χ1v) is 9.71. The monoisotopic (exact) mass is 355 g/mol. The summed E-state index contributed by atoms with van der Waals surface area (Å²) >= 11 is 3.33. The molecule has 0 N–H and O–H groups in total. The van der Waals surface area contributed by atoms with E-state index in [0.29, 0.717) is 6.42 Å². The van der Waals surface area contributed by atoms with E-state index in [2.05, 4.69) is 27.9 Å². The minimum atomic E-state index is 0.213. The zero-order valence-electron chi connectivity index (χ0n) is 13.4. The number of thiazole rings is 2. The lowest BCUT2D eigenvalue weighted by atomic mass is 10.1. The third-order valence-corrected chi connectivity index (χ3v) is 5.75. The Balaban J connectivity index is 1.57. The predicted octanol–water partition coefficient (Wildman–Crippen LogP) is 4.29. The van der Waals surface area contributed by atoms with Gasteiger partial charge in [0.25, 0.3) is 0 Å². The molecule has 1 aliphatic rings. The van der Waals surface area contributed by atoms with Gasteiger partial charge in [-0.3, -0.25) is 4.79 Å². The van der Waals surface area contributed by atoms with Crippen molar-refractivity contribution in [2.24, 2.45) is 0 Å². The summed E-state index contributed by atoms with van der Waals surface area (Å²) in [5.41, 5.74) is 4.08. The summed E-state index contributed by atoms with van der Waals surface area (Å²) in [7, 11) is 0. The molecule has 0 atom stereocenters. The van der Waals surface area contributed by atoms with Crippen LogP contribution in [0.4, 0.5) is 5.69 Å². The highest BCUT2D eigenvalue weighted by molar-refractivity contribution is 7.10. The van der Waals surface area contributed by atoms with E-state index in [1.165, 1.54) is 0 Å². The van der Waals surface area contributed by atoms with Gasteiger partial charge in [0.05, 0.1) is 21.4 Å². The molecule has 6 heteroatoms. The summed E-state index contributed by atoms with van der Waals surface area (Å²) in [6, 6.07) is 8.11. The lowest BCUT2D eigenvalue weighted by Gasteiger charge is -2.16. The Hall–Kier alpha value is -2.05. The molecule has 4 nitrogen and oxygen atoms in total. The molecule has 1 fully saturated rings. The number of carbonyl (C=O) groups excluding carboxylic acids is 1. The largest absolute Gasteiger partial charge is 0.312 e. The fourth-order valence-electron chi connectivity index (χ4n) is 2.92. The third-order valence-electron chi connectivity index (χ3n) is 4.08. The molecule has 0 spiro atoms. The van der Waals surface area contributed by atoms with E-state index < -0.39 is 0 Å². The molecule has 0 saturated carbocycles. The van der Waals surface area contributed by atoms with Gasteiger partial charge in [-0.05, 0) is 25.5 Å². The van der Waals surface area contributed by atoms with Crippen molar-refractivity contribution in [2.45, 2.75) is 26.2 Å². The van der Waals surface area contributed by atoms with Crippen LogP contribution in [0.2, 0.25) is 0 Å². The highest BCUT2D eigenvalue weighted by Crippen LogP contribution is 2.29. The Morgan fingerprint density at radius 1 is 1.21 bits per heavy atom. The number of benzene rings is 1. The summed E-state index contributed by atoms with van der Waals surface area (Å²) in [5.74, 6) is 0.213. The minimum Gasteiger partial charge on any atom is -0.312 e. The normalized spacial score (nSPS) is 14.5. The molecule has 1 saturated heterocycles. The van der Waals surface area contributed by atoms with Gasteiger partial charge in [0.1, 0.15) is 0 Å². The van der Waals surface area contributed by atoms with Crippen molar-refractivity contribution in [3.63, 3.8) is 0 Å². The van der Waals surface area contributed by atoms with Gasteiger partial charge in [0, 0.05) is 41.4 Å². The number of anilines is 1. The topological polar surface area (TPSA) is 46.1 Å². The van der Waals surface area contributed by atoms with E-state index in [4.69, 9.17) is 4.98 Å². The Bertz CT molecular complexity index is 884. The van der Waals surface area contributed by atoms with Crippen molar-refractivity contribution in [1.29, 1.82) is 0 Å². The van der Waals surface area contributed by atoms with Crippen molar-refractivity contribution in [3.05, 3.63) is 50.7 Å². The minimum absolute atomic E-state index is 0.213. The first kappa shape index (κ1) is 15.5. The van der Waals surface area contributed by atoms with Crippen LogP contribution in [0.1, 0.15) is 28.6 Å². The molecule has 1 amide bonds. The Morgan fingerprint density at radius 3 is 2.88 bits per heavy atom. The number of hydrogen-bond donors (Lipinski definition) is 0. The lowest BCUT2D eigenvalue weighted by Crippen LogP contribution is -2.23. The highest BCUT2D eigenvalue weighted by atomic mass is 32.1. The number of nitrogens with zero attached hydrogens (tertiary/aromatic N) is 3. The SMILES string of the molecule is Cc1nc(Cc2nc(-c3cccc(N4CCCC4=O)c3)cs2)cs1. The summed E-state index contributed by atoms with van der Waals surface area (Å²) in [4.78, 5) is 23.1. The van der Waals surface area contributed by atoms with Crippen LogP contribution in [0.15, 0.2) is 35.0 Å². The summed E-state index contributed by atoms with van der Waals surface area (Å²) in [6.45, 7) is 2.83. The molecule has 3 aromatic rings. The molecule has 1 aromatic carbocycles. The number of carbonyl (C=O) groups is 1. The van der Waals surface area contributed by atoms with Crippen LogP contribution in [0.25, 0.3) is 11.3 Å². The van der Waals surface area contributed by atoms with Crippen LogP contribution >= 0.6 is 22.7 Å². The van der Waals surface area contributed by atoms with E-state index in [1.807, 2.05) is 24.0 Å². The Labute approximate surface area is 148 Å². The summed E-state index contributed by atoms with van der Waals surface area (Å²) in [5, 5.41) is 6.33. The molecule has 0 unspecified atom stereocenters. The van der Waals surface area contributed by atoms with E-state index in [1.54, 1.807) is 22.7 Å². The fourth-order valence-corrected chi connectivity index (χ4v) is 4.35. The molecular weight excluding hydrogens is 338 g/mol. The average Bonchev–Trinajstić information content (AvgIpc) is 3.30. The van der Waals surface area contributed by atoms with Gasteiger partial charge < -0.3 is 4.90 Å². The van der Waals surface area contributed by atoms with Crippen molar-refractivity contribution in [1.82, 2.24) is 9.97 Å². The fraction of sp³-hybridized carbons (Fsp3) is 0.278. The number of rotatable bonds is 4. The van der Waals surface area contributed by atoms with Gasteiger partial charge in [0.2, 0.25) is 5.91 Å². The zero-order valence-corrected chi connectivity index (χ0v) is 15.0. The maximum Gasteiger partial charge on any atom is 0.227 e. The predicted molar refractivity (Wildman–Crippen MR) is 98.8 cm³/mol. The molecule has 122 valence electrons. The van der Waals surface area contributed by atoms with E-state index >= 15 is 0 Å². The first-order chi connectivity index (χ1) is 11.7. The van der Waals surface area contributed by atoms with Crippen molar-refractivity contribution in [2.75, 3.05) is 11.4 Å². The molecule has 3 heterocycles.